The number of nitrogens with zero attached hydrogens (tertiary/aromatic N) is 4. The number of hydrogen-bond donors (Lipinski definition) is 3. The van der Waals surface area contributed by atoms with Gasteiger partial charge in [-0.1, -0.05) is 0 Å². The largest absolute Gasteiger partial charge is 0.369 e. The Morgan fingerprint density at radius 1 is 1.50 bits per heavy atom. The van der Waals surface area contributed by atoms with Gasteiger partial charge >= 0.3 is 0 Å². The Labute approximate surface area is 88.8 Å². The predicted octanol–water partition coefficient (Wildman–Crippen LogP) is -1.64. The van der Waals surface area contributed by atoms with Crippen molar-refractivity contribution in [3.8, 4) is 0 Å². The van der Waals surface area contributed by atoms with E-state index in [0.29, 0.717) is 5.65 Å². The van der Waals surface area contributed by atoms with Gasteiger partial charge in [-0.05, 0) is 0 Å². The van der Waals surface area contributed by atoms with Crippen molar-refractivity contribution in [2.45, 2.75) is 12.5 Å². The molecule has 0 amide bonds. The van der Waals surface area contributed by atoms with Gasteiger partial charge in [0.05, 0.1) is 6.33 Å². The summed E-state index contributed by atoms with van der Waals surface area (Å²) in [5.74, 6) is 0.140. The van der Waals surface area contributed by atoms with E-state index in [9.17, 15) is 15.0 Å². The molecule has 2 aromatic heterocycles. The Morgan fingerprint density at radius 3 is 3.00 bits per heavy atom. The highest BCUT2D eigenvalue weighted by atomic mass is 16.4. The lowest BCUT2D eigenvalue weighted by molar-refractivity contribution is 0.00239. The van der Waals surface area contributed by atoms with Crippen molar-refractivity contribution in [1.82, 2.24) is 19.1 Å². The Hall–Kier alpha value is -1.93. The molecule has 0 saturated carbocycles. The first-order valence-electron chi connectivity index (χ1n) is 4.66. The van der Waals surface area contributed by atoms with Crippen LogP contribution in [0.25, 0.3) is 11.2 Å². The standard InChI is InChI=1S/C8H9N5O3/c1-12-2-9-3-4(12)10-8-11-5(14)7(16)13(8)6(3)15/h2,5,7,14,16H,1H3,(H,10,11). The maximum atomic E-state index is 11.9. The molecule has 8 nitrogen and oxygen atoms in total. The molecule has 2 atom stereocenters. The van der Waals surface area contributed by atoms with Crippen LogP contribution in [0.5, 0.6) is 0 Å². The lowest BCUT2D eigenvalue weighted by atomic mass is 10.5. The van der Waals surface area contributed by atoms with E-state index < -0.39 is 18.0 Å². The zero-order valence-electron chi connectivity index (χ0n) is 8.32. The molecule has 0 aromatic carbocycles. The number of aryl methyl sites for hydroxylation is 1. The first kappa shape index (κ1) is 9.31. The van der Waals surface area contributed by atoms with Crippen LogP contribution in [-0.4, -0.2) is 35.5 Å². The van der Waals surface area contributed by atoms with Crippen LogP contribution in [0.2, 0.25) is 0 Å². The molecule has 2 unspecified atom stereocenters. The molecular weight excluding hydrogens is 214 g/mol. The van der Waals surface area contributed by atoms with Crippen LogP contribution in [0.15, 0.2) is 11.1 Å². The molecule has 3 rings (SSSR count). The molecule has 84 valence electrons. The smallest absolute Gasteiger partial charge is 0.285 e. The molecule has 0 spiro atoms. The quantitative estimate of drug-likeness (QED) is 0.495. The van der Waals surface area contributed by atoms with Gasteiger partial charge in [0.25, 0.3) is 5.56 Å². The summed E-state index contributed by atoms with van der Waals surface area (Å²) >= 11 is 0. The van der Waals surface area contributed by atoms with Crippen LogP contribution in [0.3, 0.4) is 0 Å². The molecule has 1 aliphatic rings. The molecule has 0 radical (unpaired) electrons. The Kier molecular flexibility index (Phi) is 1.63. The van der Waals surface area contributed by atoms with Crippen LogP contribution in [0, 0.1) is 0 Å². The van der Waals surface area contributed by atoms with E-state index in [1.54, 1.807) is 11.6 Å². The monoisotopic (exact) mass is 223 g/mol. The van der Waals surface area contributed by atoms with E-state index in [2.05, 4.69) is 15.3 Å². The van der Waals surface area contributed by atoms with Gasteiger partial charge in [0.1, 0.15) is 0 Å². The van der Waals surface area contributed by atoms with E-state index >= 15 is 0 Å². The summed E-state index contributed by atoms with van der Waals surface area (Å²) in [5, 5.41) is 21.5. The van der Waals surface area contributed by atoms with Crippen molar-refractivity contribution in [3.05, 3.63) is 16.7 Å². The van der Waals surface area contributed by atoms with Crippen LogP contribution in [-0.2, 0) is 7.05 Å². The van der Waals surface area contributed by atoms with E-state index in [0.717, 1.165) is 4.57 Å². The number of aromatic nitrogens is 4. The van der Waals surface area contributed by atoms with Crippen molar-refractivity contribution in [2.24, 2.45) is 7.05 Å². The number of aliphatic hydroxyl groups excluding tert-OH is 2. The fourth-order valence-corrected chi connectivity index (χ4v) is 1.77. The summed E-state index contributed by atoms with van der Waals surface area (Å²) in [6, 6.07) is 0. The second-order valence-corrected chi connectivity index (χ2v) is 3.64. The highest BCUT2D eigenvalue weighted by Crippen LogP contribution is 2.22. The second kappa shape index (κ2) is 2.80. The summed E-state index contributed by atoms with van der Waals surface area (Å²) in [4.78, 5) is 19.9. The number of rotatable bonds is 0. The van der Waals surface area contributed by atoms with Crippen LogP contribution < -0.4 is 10.9 Å². The van der Waals surface area contributed by atoms with Crippen LogP contribution >= 0.6 is 0 Å². The molecule has 2 aromatic rings. The average molecular weight is 223 g/mol. The maximum absolute atomic E-state index is 11.9. The van der Waals surface area contributed by atoms with Crippen LogP contribution in [0.4, 0.5) is 5.95 Å². The molecule has 16 heavy (non-hydrogen) atoms. The summed E-state index contributed by atoms with van der Waals surface area (Å²) in [7, 11) is 1.71. The molecule has 0 bridgehead atoms. The third-order valence-corrected chi connectivity index (χ3v) is 2.59. The average Bonchev–Trinajstić information content (AvgIpc) is 2.72. The molecule has 8 heteroatoms. The van der Waals surface area contributed by atoms with E-state index in [1.165, 1.54) is 6.33 Å². The molecule has 1 aliphatic heterocycles. The molecule has 3 N–H and O–H groups in total. The SMILES string of the molecule is Cn1cnc2c(=O)n3c(nc21)NC(O)C3O. The zero-order chi connectivity index (χ0) is 11.4. The number of anilines is 1. The first-order valence-corrected chi connectivity index (χ1v) is 4.66. The predicted molar refractivity (Wildman–Crippen MR) is 53.7 cm³/mol. The number of aliphatic hydroxyl groups is 2. The van der Waals surface area contributed by atoms with Gasteiger partial charge in [0, 0.05) is 7.05 Å². The number of fused-ring (bicyclic) bond motifs is 2. The van der Waals surface area contributed by atoms with Gasteiger partial charge in [-0.25, -0.2) is 9.55 Å². The van der Waals surface area contributed by atoms with Crippen molar-refractivity contribution >= 4 is 17.1 Å². The van der Waals surface area contributed by atoms with Crippen molar-refractivity contribution in [2.75, 3.05) is 5.32 Å². The molecular formula is C8H9N5O3. The lowest BCUT2D eigenvalue weighted by Crippen LogP contribution is -2.27. The Balaban J connectivity index is 2.42. The van der Waals surface area contributed by atoms with Gasteiger partial charge in [0.15, 0.2) is 23.6 Å². The molecule has 0 saturated heterocycles. The van der Waals surface area contributed by atoms with Gasteiger partial charge in [-0.3, -0.25) is 4.79 Å². The lowest BCUT2D eigenvalue weighted by Gasteiger charge is -2.07. The Morgan fingerprint density at radius 2 is 2.25 bits per heavy atom. The van der Waals surface area contributed by atoms with Gasteiger partial charge < -0.3 is 20.1 Å². The summed E-state index contributed by atoms with van der Waals surface area (Å²) in [6.45, 7) is 0. The van der Waals surface area contributed by atoms with Gasteiger partial charge in [-0.2, -0.15) is 4.98 Å². The minimum Gasteiger partial charge on any atom is -0.369 e. The maximum Gasteiger partial charge on any atom is 0.285 e. The number of nitrogens with one attached hydrogen (secondary N) is 1. The normalized spacial score (nSPS) is 23.4. The third-order valence-electron chi connectivity index (χ3n) is 2.59. The second-order valence-electron chi connectivity index (χ2n) is 3.64. The fourth-order valence-electron chi connectivity index (χ4n) is 1.77. The van der Waals surface area contributed by atoms with E-state index in [4.69, 9.17) is 0 Å². The minimum absolute atomic E-state index is 0.140. The molecule has 0 fully saturated rings. The van der Waals surface area contributed by atoms with Gasteiger partial charge in [-0.15, -0.1) is 0 Å². The number of imidazole rings is 1. The number of hydrogen-bond acceptors (Lipinski definition) is 6. The third kappa shape index (κ3) is 0.969. The summed E-state index contributed by atoms with van der Waals surface area (Å²) in [6.07, 6.45) is -1.09. The van der Waals surface area contributed by atoms with E-state index in [-0.39, 0.29) is 11.5 Å². The van der Waals surface area contributed by atoms with Crippen molar-refractivity contribution in [3.63, 3.8) is 0 Å². The van der Waals surface area contributed by atoms with E-state index in [1.807, 2.05) is 0 Å². The van der Waals surface area contributed by atoms with Crippen molar-refractivity contribution < 1.29 is 10.2 Å². The first-order chi connectivity index (χ1) is 7.59. The van der Waals surface area contributed by atoms with Gasteiger partial charge in [0.2, 0.25) is 5.95 Å². The Bertz CT molecular complexity index is 630. The molecule has 0 aliphatic carbocycles. The topological polar surface area (TPSA) is 105 Å². The van der Waals surface area contributed by atoms with Crippen molar-refractivity contribution in [1.29, 1.82) is 0 Å². The molecule has 3 heterocycles. The zero-order valence-corrected chi connectivity index (χ0v) is 8.32. The summed E-state index contributed by atoms with van der Waals surface area (Å²) in [5.41, 5.74) is 0.100. The summed E-state index contributed by atoms with van der Waals surface area (Å²) < 4.78 is 2.58. The highest BCUT2D eigenvalue weighted by molar-refractivity contribution is 5.71. The van der Waals surface area contributed by atoms with Crippen LogP contribution in [0.1, 0.15) is 6.23 Å². The minimum atomic E-state index is -1.33. The highest BCUT2D eigenvalue weighted by Gasteiger charge is 2.32. The fraction of sp³-hybridized carbons (Fsp3) is 0.375.